The molecule has 1 aliphatic carbocycles. The van der Waals surface area contributed by atoms with Crippen LogP contribution >= 0.6 is 0 Å². The molecule has 0 spiro atoms. The molecule has 0 saturated carbocycles. The largest absolute Gasteiger partial charge is 0.416 e. The number of likely N-dealkylation sites (tertiary alicyclic amines) is 1. The van der Waals surface area contributed by atoms with Crippen LogP contribution in [0.25, 0.3) is 11.3 Å². The van der Waals surface area contributed by atoms with E-state index in [0.29, 0.717) is 37.4 Å². The van der Waals surface area contributed by atoms with E-state index in [1.54, 1.807) is 30.1 Å². The predicted octanol–water partition coefficient (Wildman–Crippen LogP) is 4.71. The zero-order valence-electron chi connectivity index (χ0n) is 22.2. The molecule has 0 radical (unpaired) electrons. The number of aryl methyl sites for hydroxylation is 3. The van der Waals surface area contributed by atoms with Crippen LogP contribution in [-0.2, 0) is 37.3 Å². The molecule has 9 nitrogen and oxygen atoms in total. The number of hydrogen-bond acceptors (Lipinski definition) is 6. The fourth-order valence-corrected chi connectivity index (χ4v) is 5.62. The Bertz CT molecular complexity index is 1570. The standard InChI is InChI=1S/C28H29F3N8O/c1-17(40)38-10-8-22(9-11-38)39-16-21(15-33-39)34-27-32-14-19-6-7-23-25(26(19)35-27)24(37(2)36-23)13-18-4-3-5-20(12-18)28(29,30)31/h3-5,12,14-16,22H,6-11,13H2,1-2H3,(H,32,34,35). The molecule has 0 atom stereocenters. The van der Waals surface area contributed by atoms with Crippen LogP contribution in [0, 0.1) is 0 Å². The lowest BCUT2D eigenvalue weighted by molar-refractivity contribution is -0.137. The Balaban J connectivity index is 1.24. The first-order valence-corrected chi connectivity index (χ1v) is 13.3. The highest BCUT2D eigenvalue weighted by atomic mass is 19.4. The van der Waals surface area contributed by atoms with Crippen molar-refractivity contribution in [1.82, 2.24) is 34.4 Å². The monoisotopic (exact) mass is 550 g/mol. The Labute approximate surface area is 229 Å². The summed E-state index contributed by atoms with van der Waals surface area (Å²) in [5.41, 5.74) is 4.92. The van der Waals surface area contributed by atoms with Gasteiger partial charge >= 0.3 is 6.18 Å². The van der Waals surface area contributed by atoms with Crippen LogP contribution in [0.4, 0.5) is 24.8 Å². The molecule has 1 N–H and O–H groups in total. The molecule has 4 aromatic rings. The third kappa shape index (κ3) is 5.05. The number of fused-ring (bicyclic) bond motifs is 3. The van der Waals surface area contributed by atoms with Gasteiger partial charge in [-0.15, -0.1) is 0 Å². The van der Waals surface area contributed by atoms with Crippen LogP contribution in [0.5, 0.6) is 0 Å². The normalized spacial score (nSPS) is 15.6. The molecular weight excluding hydrogens is 521 g/mol. The van der Waals surface area contributed by atoms with Gasteiger partial charge in [-0.3, -0.25) is 14.2 Å². The lowest BCUT2D eigenvalue weighted by Gasteiger charge is -2.31. The molecule has 208 valence electrons. The van der Waals surface area contributed by atoms with Gasteiger partial charge in [0.1, 0.15) is 0 Å². The Hall–Kier alpha value is -4.22. The lowest BCUT2D eigenvalue weighted by Crippen LogP contribution is -2.37. The van der Waals surface area contributed by atoms with Crippen LogP contribution in [0.15, 0.2) is 42.9 Å². The van der Waals surface area contributed by atoms with Crippen molar-refractivity contribution < 1.29 is 18.0 Å². The Morgan fingerprint density at radius 2 is 1.95 bits per heavy atom. The number of aromatic nitrogens is 6. The van der Waals surface area contributed by atoms with Gasteiger partial charge in [0.05, 0.1) is 40.6 Å². The number of anilines is 2. The quantitative estimate of drug-likeness (QED) is 0.387. The number of alkyl halides is 3. The smallest absolute Gasteiger partial charge is 0.343 e. The number of piperidine rings is 1. The Kier molecular flexibility index (Phi) is 6.55. The van der Waals surface area contributed by atoms with Crippen molar-refractivity contribution in [1.29, 1.82) is 0 Å². The molecule has 4 heterocycles. The van der Waals surface area contributed by atoms with Crippen LogP contribution in [0.3, 0.4) is 0 Å². The van der Waals surface area contributed by atoms with Crippen molar-refractivity contribution in [2.24, 2.45) is 7.05 Å². The number of carbonyl (C=O) groups is 1. The summed E-state index contributed by atoms with van der Waals surface area (Å²) in [5, 5.41) is 12.4. The fraction of sp³-hybridized carbons (Fsp3) is 0.393. The van der Waals surface area contributed by atoms with Gasteiger partial charge in [-0.25, -0.2) is 9.97 Å². The molecule has 40 heavy (non-hydrogen) atoms. The molecule has 1 aromatic carbocycles. The summed E-state index contributed by atoms with van der Waals surface area (Å²) in [6.45, 7) is 3.03. The Morgan fingerprint density at radius 1 is 1.15 bits per heavy atom. The first kappa shape index (κ1) is 26.0. The van der Waals surface area contributed by atoms with Crippen LogP contribution < -0.4 is 5.32 Å². The topological polar surface area (TPSA) is 93.8 Å². The van der Waals surface area contributed by atoms with E-state index >= 15 is 0 Å². The van der Waals surface area contributed by atoms with Crippen LogP contribution in [-0.4, -0.2) is 53.4 Å². The van der Waals surface area contributed by atoms with Gasteiger partial charge in [-0.1, -0.05) is 18.2 Å². The molecular formula is C28H29F3N8O. The molecule has 1 fully saturated rings. The summed E-state index contributed by atoms with van der Waals surface area (Å²) in [5.74, 6) is 0.506. The van der Waals surface area contributed by atoms with Crippen molar-refractivity contribution in [3.05, 3.63) is 70.9 Å². The van der Waals surface area contributed by atoms with E-state index in [0.717, 1.165) is 59.2 Å². The number of nitrogens with one attached hydrogen (secondary N) is 1. The molecule has 12 heteroatoms. The maximum absolute atomic E-state index is 13.3. The maximum atomic E-state index is 13.3. The SMILES string of the molecule is CC(=O)N1CCC(n2cc(Nc3ncc4c(n3)-c3c(nn(C)c3Cc3cccc(C(F)(F)F)c3)CC4)cn2)CC1. The van der Waals surface area contributed by atoms with Crippen LogP contribution in [0.1, 0.15) is 53.9 Å². The van der Waals surface area contributed by atoms with Crippen LogP contribution in [0.2, 0.25) is 0 Å². The summed E-state index contributed by atoms with van der Waals surface area (Å²) >= 11 is 0. The van der Waals surface area contributed by atoms with Crippen molar-refractivity contribution in [2.75, 3.05) is 18.4 Å². The second kappa shape index (κ2) is 10.1. The number of halogens is 3. The predicted molar refractivity (Wildman–Crippen MR) is 142 cm³/mol. The molecule has 1 amide bonds. The number of hydrogen-bond donors (Lipinski definition) is 1. The van der Waals surface area contributed by atoms with E-state index in [9.17, 15) is 18.0 Å². The number of carbonyl (C=O) groups excluding carboxylic acids is 1. The molecule has 0 unspecified atom stereocenters. The van der Waals surface area contributed by atoms with E-state index in [4.69, 9.17) is 4.98 Å². The minimum absolute atomic E-state index is 0.0978. The molecule has 0 bridgehead atoms. The summed E-state index contributed by atoms with van der Waals surface area (Å²) in [4.78, 5) is 22.8. The van der Waals surface area contributed by atoms with Crippen molar-refractivity contribution in [3.63, 3.8) is 0 Å². The molecule has 1 saturated heterocycles. The van der Waals surface area contributed by atoms with Gasteiger partial charge in [0.2, 0.25) is 11.9 Å². The summed E-state index contributed by atoms with van der Waals surface area (Å²) in [7, 11) is 1.82. The summed E-state index contributed by atoms with van der Waals surface area (Å²) in [6.07, 6.45) is 4.48. The second-order valence-electron chi connectivity index (χ2n) is 10.4. The Morgan fingerprint density at radius 3 is 2.70 bits per heavy atom. The summed E-state index contributed by atoms with van der Waals surface area (Å²) < 4.78 is 43.6. The zero-order valence-corrected chi connectivity index (χ0v) is 22.2. The van der Waals surface area contributed by atoms with E-state index < -0.39 is 11.7 Å². The van der Waals surface area contributed by atoms with Gasteiger partial charge in [0.25, 0.3) is 0 Å². The van der Waals surface area contributed by atoms with E-state index in [1.807, 2.05) is 22.8 Å². The third-order valence-corrected chi connectivity index (χ3v) is 7.74. The van der Waals surface area contributed by atoms with Crippen molar-refractivity contribution >= 4 is 17.5 Å². The van der Waals surface area contributed by atoms with E-state index in [-0.39, 0.29) is 11.9 Å². The lowest BCUT2D eigenvalue weighted by atomic mass is 9.91. The maximum Gasteiger partial charge on any atom is 0.416 e. The minimum Gasteiger partial charge on any atom is -0.343 e. The van der Waals surface area contributed by atoms with Gasteiger partial charge in [0, 0.05) is 51.4 Å². The van der Waals surface area contributed by atoms with Gasteiger partial charge in [-0.05, 0) is 42.9 Å². The molecule has 1 aliphatic heterocycles. The minimum atomic E-state index is -4.40. The van der Waals surface area contributed by atoms with Gasteiger partial charge in [-0.2, -0.15) is 23.4 Å². The first-order valence-electron chi connectivity index (χ1n) is 13.3. The summed E-state index contributed by atoms with van der Waals surface area (Å²) in [6, 6.07) is 5.63. The first-order chi connectivity index (χ1) is 19.2. The molecule has 6 rings (SSSR count). The van der Waals surface area contributed by atoms with E-state index in [2.05, 4.69) is 20.5 Å². The van der Waals surface area contributed by atoms with Crippen molar-refractivity contribution in [2.45, 2.75) is 51.2 Å². The van der Waals surface area contributed by atoms with E-state index in [1.165, 1.54) is 12.1 Å². The number of benzene rings is 1. The van der Waals surface area contributed by atoms with Gasteiger partial charge < -0.3 is 10.2 Å². The molecule has 2 aliphatic rings. The van der Waals surface area contributed by atoms with Crippen molar-refractivity contribution in [3.8, 4) is 11.3 Å². The average Bonchev–Trinajstić information content (AvgIpc) is 3.52. The second-order valence-corrected chi connectivity index (χ2v) is 10.4. The highest BCUT2D eigenvalue weighted by Gasteiger charge is 2.31. The fourth-order valence-electron chi connectivity index (χ4n) is 5.62. The number of nitrogens with zero attached hydrogens (tertiary/aromatic N) is 7. The van der Waals surface area contributed by atoms with Gasteiger partial charge in [0.15, 0.2) is 0 Å². The number of rotatable bonds is 5. The zero-order chi connectivity index (χ0) is 28.0. The third-order valence-electron chi connectivity index (χ3n) is 7.74. The highest BCUT2D eigenvalue weighted by Crippen LogP contribution is 2.37. The highest BCUT2D eigenvalue weighted by molar-refractivity contribution is 5.73. The molecule has 3 aromatic heterocycles. The average molecular weight is 551 g/mol. The number of amides is 1.